The molecule has 1 amide bonds. The van der Waals surface area contributed by atoms with Crippen LogP contribution in [0.3, 0.4) is 0 Å². The number of fused-ring (bicyclic) bond motifs is 1. The molecule has 0 saturated carbocycles. The number of nitrogens with one attached hydrogen (secondary N) is 1. The van der Waals surface area contributed by atoms with E-state index in [0.29, 0.717) is 34.1 Å². The zero-order valence-corrected chi connectivity index (χ0v) is 18.2. The molecular formula is C22H21ClN2O4S. The maximum Gasteiger partial charge on any atom is 0.293 e. The van der Waals surface area contributed by atoms with Crippen LogP contribution in [0.2, 0.25) is 5.02 Å². The van der Waals surface area contributed by atoms with Crippen molar-refractivity contribution in [2.45, 2.75) is 31.6 Å². The normalized spacial score (nSPS) is 13.8. The highest BCUT2D eigenvalue weighted by molar-refractivity contribution is 7.92. The summed E-state index contributed by atoms with van der Waals surface area (Å²) in [5.74, 6) is 0.00576. The van der Waals surface area contributed by atoms with Crippen LogP contribution in [0.4, 0.5) is 11.4 Å². The number of hydrogen-bond acceptors (Lipinski definition) is 4. The second-order valence-corrected chi connectivity index (χ2v) is 9.41. The number of rotatable bonds is 4. The van der Waals surface area contributed by atoms with Gasteiger partial charge in [-0.1, -0.05) is 17.7 Å². The van der Waals surface area contributed by atoms with Gasteiger partial charge >= 0.3 is 0 Å². The molecule has 0 spiro atoms. The number of benzene rings is 2. The Morgan fingerprint density at radius 3 is 2.67 bits per heavy atom. The van der Waals surface area contributed by atoms with Crippen LogP contribution in [0.5, 0.6) is 0 Å². The highest BCUT2D eigenvalue weighted by atomic mass is 35.5. The molecule has 0 fully saturated rings. The molecule has 1 aromatic heterocycles. The van der Waals surface area contributed by atoms with E-state index in [1.807, 2.05) is 6.07 Å². The Bertz CT molecular complexity index is 1220. The van der Waals surface area contributed by atoms with Crippen molar-refractivity contribution in [3.63, 3.8) is 0 Å². The van der Waals surface area contributed by atoms with E-state index in [-0.39, 0.29) is 16.6 Å². The van der Waals surface area contributed by atoms with Crippen LogP contribution in [-0.2, 0) is 16.4 Å². The second kappa shape index (κ2) is 7.81. The number of anilines is 2. The van der Waals surface area contributed by atoms with Crippen LogP contribution in [0.25, 0.3) is 0 Å². The van der Waals surface area contributed by atoms with Crippen LogP contribution in [-0.4, -0.2) is 20.9 Å². The number of amides is 1. The van der Waals surface area contributed by atoms with Gasteiger partial charge in [0.2, 0.25) is 0 Å². The van der Waals surface area contributed by atoms with Gasteiger partial charge in [-0.3, -0.25) is 9.52 Å². The van der Waals surface area contributed by atoms with Gasteiger partial charge in [-0.15, -0.1) is 0 Å². The van der Waals surface area contributed by atoms with E-state index < -0.39 is 10.0 Å². The van der Waals surface area contributed by atoms with Gasteiger partial charge in [0, 0.05) is 17.3 Å². The van der Waals surface area contributed by atoms with E-state index >= 15 is 0 Å². The summed E-state index contributed by atoms with van der Waals surface area (Å²) in [5, 5.41) is 0.521. The lowest BCUT2D eigenvalue weighted by molar-refractivity contribution is 0.0958. The molecule has 8 heteroatoms. The number of sulfonamides is 1. The minimum atomic E-state index is -3.82. The third kappa shape index (κ3) is 3.82. The fourth-order valence-electron chi connectivity index (χ4n) is 3.64. The van der Waals surface area contributed by atoms with Gasteiger partial charge in [-0.2, -0.15) is 0 Å². The first-order valence-corrected chi connectivity index (χ1v) is 11.4. The smallest absolute Gasteiger partial charge is 0.293 e. The molecule has 0 saturated heterocycles. The standard InChI is InChI=1S/C22H21ClN2O4S/c1-14-12-21(15(2)11-18(14)23)30(27,28)24-17-8-7-16-5-3-9-25(19(16)13-17)22(26)20-6-4-10-29-20/h4,6-8,10-13,24H,3,5,9H2,1-2H3. The molecule has 2 aromatic carbocycles. The highest BCUT2D eigenvalue weighted by Crippen LogP contribution is 2.33. The van der Waals surface area contributed by atoms with Crippen molar-refractivity contribution in [1.29, 1.82) is 0 Å². The number of halogens is 1. The van der Waals surface area contributed by atoms with Crippen LogP contribution in [0.15, 0.2) is 58.0 Å². The van der Waals surface area contributed by atoms with Crippen LogP contribution >= 0.6 is 11.6 Å². The van der Waals surface area contributed by atoms with Crippen molar-refractivity contribution >= 4 is 38.9 Å². The number of aryl methyl sites for hydroxylation is 3. The van der Waals surface area contributed by atoms with Gasteiger partial charge in [-0.05, 0) is 79.8 Å². The van der Waals surface area contributed by atoms with Gasteiger partial charge in [0.1, 0.15) is 0 Å². The zero-order valence-electron chi connectivity index (χ0n) is 16.6. The lowest BCUT2D eigenvalue weighted by Gasteiger charge is -2.29. The molecule has 1 N–H and O–H groups in total. The summed E-state index contributed by atoms with van der Waals surface area (Å²) < 4.78 is 33.9. The maximum absolute atomic E-state index is 13.0. The number of nitrogens with zero attached hydrogens (tertiary/aromatic N) is 1. The summed E-state index contributed by atoms with van der Waals surface area (Å²) in [6.07, 6.45) is 3.10. The molecule has 4 rings (SSSR count). The fourth-order valence-corrected chi connectivity index (χ4v) is 5.22. The highest BCUT2D eigenvalue weighted by Gasteiger charge is 2.26. The zero-order chi connectivity index (χ0) is 21.5. The molecular weight excluding hydrogens is 424 g/mol. The lowest BCUT2D eigenvalue weighted by Crippen LogP contribution is -2.35. The second-order valence-electron chi connectivity index (χ2n) is 7.35. The molecule has 156 valence electrons. The van der Waals surface area contributed by atoms with Crippen molar-refractivity contribution in [3.05, 3.63) is 76.2 Å². The van der Waals surface area contributed by atoms with E-state index in [2.05, 4.69) is 4.72 Å². The van der Waals surface area contributed by atoms with E-state index in [4.69, 9.17) is 16.0 Å². The summed E-state index contributed by atoms with van der Waals surface area (Å²) in [6.45, 7) is 4.01. The quantitative estimate of drug-likeness (QED) is 0.617. The fraction of sp³-hybridized carbons (Fsp3) is 0.227. The minimum absolute atomic E-state index is 0.172. The van der Waals surface area contributed by atoms with E-state index in [0.717, 1.165) is 18.4 Å². The average molecular weight is 445 g/mol. The third-order valence-electron chi connectivity index (χ3n) is 5.18. The van der Waals surface area contributed by atoms with Crippen molar-refractivity contribution in [3.8, 4) is 0 Å². The van der Waals surface area contributed by atoms with Crippen molar-refractivity contribution in [1.82, 2.24) is 0 Å². The van der Waals surface area contributed by atoms with Gasteiger partial charge in [0.15, 0.2) is 5.76 Å². The summed E-state index contributed by atoms with van der Waals surface area (Å²) >= 11 is 6.10. The number of furan rings is 1. The Labute approximate surface area is 180 Å². The largest absolute Gasteiger partial charge is 0.459 e. The predicted octanol–water partition coefficient (Wildman–Crippen LogP) is 4.94. The molecule has 0 unspecified atom stereocenters. The topological polar surface area (TPSA) is 79.6 Å². The molecule has 0 bridgehead atoms. The van der Waals surface area contributed by atoms with Crippen LogP contribution < -0.4 is 9.62 Å². The number of carbonyl (C=O) groups excluding carboxylic acids is 1. The first-order valence-electron chi connectivity index (χ1n) is 9.54. The third-order valence-corrected chi connectivity index (χ3v) is 7.11. The summed E-state index contributed by atoms with van der Waals surface area (Å²) in [7, 11) is -3.82. The number of hydrogen-bond donors (Lipinski definition) is 1. The molecule has 3 aromatic rings. The molecule has 1 aliphatic rings. The predicted molar refractivity (Wildman–Crippen MR) is 117 cm³/mol. The summed E-state index contributed by atoms with van der Waals surface area (Å²) in [4.78, 5) is 14.6. The molecule has 0 aliphatic carbocycles. The van der Waals surface area contributed by atoms with E-state index in [9.17, 15) is 13.2 Å². The molecule has 0 atom stereocenters. The number of carbonyl (C=O) groups is 1. The average Bonchev–Trinajstić information content (AvgIpc) is 3.24. The monoisotopic (exact) mass is 444 g/mol. The SMILES string of the molecule is Cc1cc(S(=O)(=O)Nc2ccc3c(c2)N(C(=O)c2ccco2)CCC3)c(C)cc1Cl. The van der Waals surface area contributed by atoms with Crippen LogP contribution in [0.1, 0.15) is 33.7 Å². The first-order chi connectivity index (χ1) is 14.3. The molecule has 2 heterocycles. The minimum Gasteiger partial charge on any atom is -0.459 e. The van der Waals surface area contributed by atoms with Crippen molar-refractivity contribution < 1.29 is 17.6 Å². The van der Waals surface area contributed by atoms with Crippen molar-refractivity contribution in [2.75, 3.05) is 16.2 Å². The Kier molecular flexibility index (Phi) is 5.34. The summed E-state index contributed by atoms with van der Waals surface area (Å²) in [6, 6.07) is 11.8. The molecule has 6 nitrogen and oxygen atoms in total. The van der Waals surface area contributed by atoms with Crippen LogP contribution in [0, 0.1) is 13.8 Å². The lowest BCUT2D eigenvalue weighted by atomic mass is 10.0. The van der Waals surface area contributed by atoms with Gasteiger partial charge in [0.05, 0.1) is 16.8 Å². The molecule has 30 heavy (non-hydrogen) atoms. The van der Waals surface area contributed by atoms with E-state index in [1.54, 1.807) is 55.1 Å². The van der Waals surface area contributed by atoms with Gasteiger partial charge < -0.3 is 9.32 Å². The maximum atomic E-state index is 13.0. The Morgan fingerprint density at radius 1 is 1.13 bits per heavy atom. The van der Waals surface area contributed by atoms with Gasteiger partial charge in [-0.25, -0.2) is 8.42 Å². The Morgan fingerprint density at radius 2 is 1.93 bits per heavy atom. The van der Waals surface area contributed by atoms with Crippen molar-refractivity contribution in [2.24, 2.45) is 0 Å². The van der Waals surface area contributed by atoms with Gasteiger partial charge in [0.25, 0.3) is 15.9 Å². The molecule has 0 radical (unpaired) electrons. The molecule has 1 aliphatic heterocycles. The Balaban J connectivity index is 1.68. The first kappa shape index (κ1) is 20.5. The Hall–Kier alpha value is -2.77. The summed E-state index contributed by atoms with van der Waals surface area (Å²) in [5.41, 5.74) is 3.31. The van der Waals surface area contributed by atoms with E-state index in [1.165, 1.54) is 6.26 Å².